The summed E-state index contributed by atoms with van der Waals surface area (Å²) in [4.78, 5) is 12.5. The van der Waals surface area contributed by atoms with Gasteiger partial charge in [0.1, 0.15) is 0 Å². The lowest BCUT2D eigenvalue weighted by molar-refractivity contribution is 0.0926. The summed E-state index contributed by atoms with van der Waals surface area (Å²) in [5, 5.41) is 9.77. The van der Waals surface area contributed by atoms with Crippen molar-refractivity contribution in [2.45, 2.75) is 39.7 Å². The molecule has 0 spiro atoms. The number of nitrogens with one attached hydrogen (secondary N) is 3. The lowest BCUT2D eigenvalue weighted by Gasteiger charge is -2.25. The first-order valence-electron chi connectivity index (χ1n) is 7.59. The Kier molecular flexibility index (Phi) is 4.88. The first-order chi connectivity index (χ1) is 9.67. The Labute approximate surface area is 121 Å². The van der Waals surface area contributed by atoms with Gasteiger partial charge in [0, 0.05) is 19.1 Å². The number of carbonyl (C=O) groups excluding carboxylic acids is 1. The number of benzene rings is 1. The van der Waals surface area contributed by atoms with Crippen LogP contribution in [0.1, 0.15) is 44.0 Å². The molecule has 1 amide bonds. The van der Waals surface area contributed by atoms with E-state index in [1.54, 1.807) is 0 Å². The van der Waals surface area contributed by atoms with Gasteiger partial charge in [-0.1, -0.05) is 32.8 Å². The third kappa shape index (κ3) is 3.06. The van der Waals surface area contributed by atoms with Gasteiger partial charge in [0.25, 0.3) is 5.91 Å². The molecular weight excluding hydrogens is 250 g/mol. The largest absolute Gasteiger partial charge is 0.382 e. The van der Waals surface area contributed by atoms with Crippen molar-refractivity contribution in [1.82, 2.24) is 5.32 Å². The molecule has 0 aliphatic carbocycles. The predicted octanol–water partition coefficient (Wildman–Crippen LogP) is 3.08. The van der Waals surface area contributed by atoms with Crippen LogP contribution in [0.2, 0.25) is 0 Å². The van der Waals surface area contributed by atoms with E-state index in [2.05, 4.69) is 36.7 Å². The average molecular weight is 275 g/mol. The standard InChI is InChI=1S/C16H25N3O/c1-4-12(5-2)11(3)19-16(20)13-7-6-8-14-15(13)18-10-9-17-14/h6-8,11-12,17-18H,4-5,9-10H2,1-3H3,(H,19,20). The highest BCUT2D eigenvalue weighted by Crippen LogP contribution is 2.28. The fourth-order valence-electron chi connectivity index (χ4n) is 2.86. The zero-order valence-corrected chi connectivity index (χ0v) is 12.6. The van der Waals surface area contributed by atoms with E-state index in [4.69, 9.17) is 0 Å². The van der Waals surface area contributed by atoms with Crippen LogP contribution in [0, 0.1) is 5.92 Å². The Morgan fingerprint density at radius 3 is 2.65 bits per heavy atom. The Morgan fingerprint density at radius 1 is 1.25 bits per heavy atom. The zero-order chi connectivity index (χ0) is 14.5. The summed E-state index contributed by atoms with van der Waals surface area (Å²) in [7, 11) is 0. The molecule has 110 valence electrons. The quantitative estimate of drug-likeness (QED) is 0.774. The molecule has 1 heterocycles. The number of amides is 1. The fourth-order valence-corrected chi connectivity index (χ4v) is 2.86. The molecule has 2 rings (SSSR count). The summed E-state index contributed by atoms with van der Waals surface area (Å²) < 4.78 is 0. The SMILES string of the molecule is CCC(CC)C(C)NC(=O)c1cccc2c1NCCN2. The molecule has 20 heavy (non-hydrogen) atoms. The van der Waals surface area contributed by atoms with Crippen LogP contribution in [0.25, 0.3) is 0 Å². The van der Waals surface area contributed by atoms with Crippen LogP contribution in [0.15, 0.2) is 18.2 Å². The lowest BCUT2D eigenvalue weighted by Crippen LogP contribution is -2.38. The molecule has 1 aliphatic heterocycles. The maximum absolute atomic E-state index is 12.5. The molecule has 4 heteroatoms. The number of carbonyl (C=O) groups is 1. The van der Waals surface area contributed by atoms with Gasteiger partial charge in [0.2, 0.25) is 0 Å². The van der Waals surface area contributed by atoms with Gasteiger partial charge in [-0.3, -0.25) is 4.79 Å². The molecule has 0 fully saturated rings. The molecule has 3 N–H and O–H groups in total. The van der Waals surface area contributed by atoms with E-state index in [1.165, 1.54) is 0 Å². The second-order valence-corrected chi connectivity index (χ2v) is 5.42. The Bertz CT molecular complexity index is 469. The van der Waals surface area contributed by atoms with Crippen molar-refractivity contribution in [3.8, 4) is 0 Å². The molecule has 1 aromatic carbocycles. The van der Waals surface area contributed by atoms with Crippen LogP contribution >= 0.6 is 0 Å². The van der Waals surface area contributed by atoms with E-state index >= 15 is 0 Å². The van der Waals surface area contributed by atoms with Gasteiger partial charge >= 0.3 is 0 Å². The molecule has 1 atom stereocenters. The second kappa shape index (κ2) is 6.64. The van der Waals surface area contributed by atoms with E-state index in [1.807, 2.05) is 18.2 Å². The smallest absolute Gasteiger partial charge is 0.253 e. The van der Waals surface area contributed by atoms with E-state index in [9.17, 15) is 4.79 Å². The number of rotatable bonds is 5. The maximum Gasteiger partial charge on any atom is 0.253 e. The number of hydrogen-bond acceptors (Lipinski definition) is 3. The number of para-hydroxylation sites is 1. The first kappa shape index (κ1) is 14.7. The van der Waals surface area contributed by atoms with Crippen LogP contribution in [0.4, 0.5) is 11.4 Å². The zero-order valence-electron chi connectivity index (χ0n) is 12.6. The molecule has 1 unspecified atom stereocenters. The normalized spacial score (nSPS) is 15.0. The van der Waals surface area contributed by atoms with Crippen LogP contribution in [-0.4, -0.2) is 25.0 Å². The lowest BCUT2D eigenvalue weighted by atomic mass is 9.95. The third-order valence-corrected chi connectivity index (χ3v) is 4.17. The minimum Gasteiger partial charge on any atom is -0.382 e. The van der Waals surface area contributed by atoms with Crippen LogP contribution in [-0.2, 0) is 0 Å². The maximum atomic E-state index is 12.5. The topological polar surface area (TPSA) is 53.2 Å². The molecule has 0 aromatic heterocycles. The number of anilines is 2. The summed E-state index contributed by atoms with van der Waals surface area (Å²) in [5.41, 5.74) is 2.67. The molecule has 0 bridgehead atoms. The summed E-state index contributed by atoms with van der Waals surface area (Å²) >= 11 is 0. The first-order valence-corrected chi connectivity index (χ1v) is 7.59. The second-order valence-electron chi connectivity index (χ2n) is 5.42. The van der Waals surface area contributed by atoms with Crippen molar-refractivity contribution >= 4 is 17.3 Å². The fraction of sp³-hybridized carbons (Fsp3) is 0.562. The van der Waals surface area contributed by atoms with Gasteiger partial charge < -0.3 is 16.0 Å². The number of fused-ring (bicyclic) bond motifs is 1. The van der Waals surface area contributed by atoms with E-state index < -0.39 is 0 Å². The summed E-state index contributed by atoms with van der Waals surface area (Å²) in [6.45, 7) is 8.18. The van der Waals surface area contributed by atoms with Crippen molar-refractivity contribution in [2.24, 2.45) is 5.92 Å². The highest BCUT2D eigenvalue weighted by Gasteiger charge is 2.20. The summed E-state index contributed by atoms with van der Waals surface area (Å²) in [6.07, 6.45) is 2.18. The predicted molar refractivity (Wildman–Crippen MR) is 84.4 cm³/mol. The number of hydrogen-bond donors (Lipinski definition) is 3. The molecule has 1 aromatic rings. The highest BCUT2D eigenvalue weighted by molar-refractivity contribution is 6.02. The highest BCUT2D eigenvalue weighted by atomic mass is 16.1. The molecule has 4 nitrogen and oxygen atoms in total. The van der Waals surface area contributed by atoms with Crippen molar-refractivity contribution in [3.63, 3.8) is 0 Å². The third-order valence-electron chi connectivity index (χ3n) is 4.17. The molecule has 0 saturated heterocycles. The molecule has 1 aliphatic rings. The van der Waals surface area contributed by atoms with E-state index in [0.717, 1.165) is 42.9 Å². The molecule has 0 radical (unpaired) electrons. The van der Waals surface area contributed by atoms with Crippen molar-refractivity contribution in [1.29, 1.82) is 0 Å². The van der Waals surface area contributed by atoms with Crippen LogP contribution in [0.3, 0.4) is 0 Å². The van der Waals surface area contributed by atoms with Gasteiger partial charge in [0.05, 0.1) is 16.9 Å². The van der Waals surface area contributed by atoms with E-state index in [-0.39, 0.29) is 11.9 Å². The van der Waals surface area contributed by atoms with Gasteiger partial charge in [-0.2, -0.15) is 0 Å². The van der Waals surface area contributed by atoms with Crippen LogP contribution in [0.5, 0.6) is 0 Å². The van der Waals surface area contributed by atoms with Crippen molar-refractivity contribution in [3.05, 3.63) is 23.8 Å². The minimum atomic E-state index is 0.0115. The van der Waals surface area contributed by atoms with Gasteiger partial charge in [-0.05, 0) is 25.0 Å². The Balaban J connectivity index is 2.13. The Hall–Kier alpha value is -1.71. The van der Waals surface area contributed by atoms with Gasteiger partial charge in [0.15, 0.2) is 0 Å². The van der Waals surface area contributed by atoms with E-state index in [0.29, 0.717) is 5.92 Å². The summed E-state index contributed by atoms with van der Waals surface area (Å²) in [6, 6.07) is 6.01. The summed E-state index contributed by atoms with van der Waals surface area (Å²) in [5.74, 6) is 0.544. The Morgan fingerprint density at radius 2 is 1.95 bits per heavy atom. The van der Waals surface area contributed by atoms with Crippen LogP contribution < -0.4 is 16.0 Å². The van der Waals surface area contributed by atoms with Crippen molar-refractivity contribution < 1.29 is 4.79 Å². The minimum absolute atomic E-state index is 0.0115. The molecular formula is C16H25N3O. The van der Waals surface area contributed by atoms with Crippen molar-refractivity contribution in [2.75, 3.05) is 23.7 Å². The monoisotopic (exact) mass is 275 g/mol. The van der Waals surface area contributed by atoms with Gasteiger partial charge in [-0.15, -0.1) is 0 Å². The molecule has 0 saturated carbocycles. The average Bonchev–Trinajstić information content (AvgIpc) is 2.47. The van der Waals surface area contributed by atoms with Gasteiger partial charge in [-0.25, -0.2) is 0 Å².